The number of hydrogen-bond donors (Lipinski definition) is 2. The molecule has 5 heteroatoms. The summed E-state index contributed by atoms with van der Waals surface area (Å²) in [6.45, 7) is 1.96. The summed E-state index contributed by atoms with van der Waals surface area (Å²) in [6.07, 6.45) is -0.520. The van der Waals surface area contributed by atoms with Crippen LogP contribution >= 0.6 is 11.8 Å². The van der Waals surface area contributed by atoms with Crippen molar-refractivity contribution in [1.29, 1.82) is 0 Å². The van der Waals surface area contributed by atoms with Crippen LogP contribution in [0.4, 0.5) is 5.69 Å². The smallest absolute Gasteiger partial charge is 0.0940 e. The molecule has 0 amide bonds. The Labute approximate surface area is 111 Å². The molecule has 0 spiro atoms. The molecular formula is C13H17N3OS. The van der Waals surface area contributed by atoms with Gasteiger partial charge in [-0.15, -0.1) is 11.8 Å². The fourth-order valence-corrected chi connectivity index (χ4v) is 2.75. The number of hydrogen-bond acceptors (Lipinski definition) is 4. The lowest BCUT2D eigenvalue weighted by Gasteiger charge is -2.11. The van der Waals surface area contributed by atoms with Gasteiger partial charge >= 0.3 is 0 Å². The van der Waals surface area contributed by atoms with E-state index in [1.807, 2.05) is 42.9 Å². The number of aliphatic hydroxyl groups excluding tert-OH is 1. The van der Waals surface area contributed by atoms with Gasteiger partial charge in [0.25, 0.3) is 0 Å². The molecule has 0 radical (unpaired) electrons. The summed E-state index contributed by atoms with van der Waals surface area (Å²) in [4.78, 5) is 0. The number of aliphatic hydroxyl groups is 1. The van der Waals surface area contributed by atoms with Crippen molar-refractivity contribution in [2.24, 2.45) is 7.05 Å². The van der Waals surface area contributed by atoms with E-state index in [4.69, 9.17) is 5.73 Å². The largest absolute Gasteiger partial charge is 0.399 e. The molecule has 3 N–H and O–H groups in total. The predicted molar refractivity (Wildman–Crippen MR) is 74.5 cm³/mol. The fourth-order valence-electron chi connectivity index (χ4n) is 1.75. The van der Waals surface area contributed by atoms with Gasteiger partial charge in [0.2, 0.25) is 0 Å². The quantitative estimate of drug-likeness (QED) is 0.655. The lowest BCUT2D eigenvalue weighted by Crippen LogP contribution is -2.02. The van der Waals surface area contributed by atoms with Crippen LogP contribution in [0.1, 0.15) is 17.4 Å². The number of anilines is 1. The first-order valence-electron chi connectivity index (χ1n) is 5.73. The highest BCUT2D eigenvalue weighted by molar-refractivity contribution is 7.99. The highest BCUT2D eigenvalue weighted by Gasteiger charge is 2.10. The van der Waals surface area contributed by atoms with Crippen LogP contribution in [-0.4, -0.2) is 20.6 Å². The van der Waals surface area contributed by atoms with E-state index in [0.717, 1.165) is 16.3 Å². The average Bonchev–Trinajstić information content (AvgIpc) is 2.65. The Hall–Kier alpha value is -1.46. The van der Waals surface area contributed by atoms with Gasteiger partial charge in [-0.25, -0.2) is 0 Å². The van der Waals surface area contributed by atoms with Gasteiger partial charge in [0.05, 0.1) is 16.8 Å². The molecular weight excluding hydrogens is 246 g/mol. The van der Waals surface area contributed by atoms with E-state index in [9.17, 15) is 5.11 Å². The number of nitrogens with zero attached hydrogens (tertiary/aromatic N) is 2. The first-order valence-corrected chi connectivity index (χ1v) is 6.72. The fraction of sp³-hybridized carbons (Fsp3) is 0.308. The maximum Gasteiger partial charge on any atom is 0.0940 e. The van der Waals surface area contributed by atoms with Crippen LogP contribution in [-0.2, 0) is 7.05 Å². The van der Waals surface area contributed by atoms with Crippen molar-refractivity contribution in [2.45, 2.75) is 18.1 Å². The normalized spacial score (nSPS) is 12.6. The number of benzene rings is 1. The zero-order valence-electron chi connectivity index (χ0n) is 10.5. The van der Waals surface area contributed by atoms with Gasteiger partial charge in [0, 0.05) is 18.5 Å². The zero-order valence-corrected chi connectivity index (χ0v) is 11.3. The molecule has 0 saturated heterocycles. The lowest BCUT2D eigenvalue weighted by atomic mass is 10.1. The summed E-state index contributed by atoms with van der Waals surface area (Å²) in [5.74, 6) is 0.586. The van der Waals surface area contributed by atoms with Crippen molar-refractivity contribution in [3.05, 3.63) is 41.6 Å². The summed E-state index contributed by atoms with van der Waals surface area (Å²) in [5, 5.41) is 15.4. The highest BCUT2D eigenvalue weighted by Crippen LogP contribution is 2.25. The lowest BCUT2D eigenvalue weighted by molar-refractivity contribution is 0.204. The molecule has 1 heterocycles. The van der Waals surface area contributed by atoms with Crippen molar-refractivity contribution >= 4 is 17.4 Å². The molecule has 0 bridgehead atoms. The monoisotopic (exact) mass is 263 g/mol. The standard InChI is InChI=1S/C13H17N3OS/c1-9-6-13(16(2)15-9)18-8-12(17)10-4-3-5-11(14)7-10/h3-7,12,17H,8,14H2,1-2H3. The summed E-state index contributed by atoms with van der Waals surface area (Å²) in [6, 6.07) is 9.37. The first-order chi connectivity index (χ1) is 8.56. The molecule has 1 aromatic heterocycles. The number of nitrogens with two attached hydrogens (primary N) is 1. The molecule has 96 valence electrons. The predicted octanol–water partition coefficient (Wildman–Crippen LogP) is 2.14. The van der Waals surface area contributed by atoms with Gasteiger partial charge in [0.1, 0.15) is 0 Å². The molecule has 0 aliphatic rings. The molecule has 18 heavy (non-hydrogen) atoms. The topological polar surface area (TPSA) is 64.1 Å². The second-order valence-corrected chi connectivity index (χ2v) is 5.28. The molecule has 2 rings (SSSR count). The maximum absolute atomic E-state index is 10.1. The zero-order chi connectivity index (χ0) is 13.1. The van der Waals surface area contributed by atoms with Crippen LogP contribution < -0.4 is 5.73 Å². The van der Waals surface area contributed by atoms with Gasteiger partial charge in [-0.2, -0.15) is 5.10 Å². The van der Waals surface area contributed by atoms with Gasteiger partial charge in [-0.3, -0.25) is 4.68 Å². The molecule has 1 unspecified atom stereocenters. The average molecular weight is 263 g/mol. The molecule has 4 nitrogen and oxygen atoms in total. The molecule has 0 fully saturated rings. The maximum atomic E-state index is 10.1. The minimum Gasteiger partial charge on any atom is -0.399 e. The Morgan fingerprint density at radius 1 is 1.44 bits per heavy atom. The van der Waals surface area contributed by atoms with Gasteiger partial charge in [-0.05, 0) is 30.7 Å². The molecule has 1 atom stereocenters. The van der Waals surface area contributed by atoms with E-state index < -0.39 is 6.10 Å². The summed E-state index contributed by atoms with van der Waals surface area (Å²) < 4.78 is 1.83. The molecule has 0 aliphatic heterocycles. The van der Waals surface area contributed by atoms with E-state index in [2.05, 4.69) is 5.10 Å². The van der Waals surface area contributed by atoms with E-state index in [-0.39, 0.29) is 0 Å². The third-order valence-corrected chi connectivity index (χ3v) is 3.80. The van der Waals surface area contributed by atoms with Crippen molar-refractivity contribution < 1.29 is 5.11 Å². The van der Waals surface area contributed by atoms with Crippen molar-refractivity contribution in [3.8, 4) is 0 Å². The van der Waals surface area contributed by atoms with Crippen molar-refractivity contribution in [3.63, 3.8) is 0 Å². The second kappa shape index (κ2) is 5.46. The SMILES string of the molecule is Cc1cc(SCC(O)c2cccc(N)c2)n(C)n1. The summed E-state index contributed by atoms with van der Waals surface area (Å²) in [5.41, 5.74) is 8.21. The second-order valence-electron chi connectivity index (χ2n) is 4.24. The van der Waals surface area contributed by atoms with E-state index in [1.165, 1.54) is 0 Å². The van der Waals surface area contributed by atoms with Crippen LogP contribution in [0.25, 0.3) is 0 Å². The Bertz CT molecular complexity index is 539. The minimum atomic E-state index is -0.520. The number of thioether (sulfide) groups is 1. The van der Waals surface area contributed by atoms with E-state index in [0.29, 0.717) is 11.4 Å². The Morgan fingerprint density at radius 2 is 2.22 bits per heavy atom. The molecule has 1 aromatic carbocycles. The van der Waals surface area contributed by atoms with Crippen LogP contribution in [0, 0.1) is 6.92 Å². The van der Waals surface area contributed by atoms with Crippen LogP contribution in [0.2, 0.25) is 0 Å². The Morgan fingerprint density at radius 3 is 2.83 bits per heavy atom. The summed E-state index contributed by atoms with van der Waals surface area (Å²) >= 11 is 1.59. The number of rotatable bonds is 4. The van der Waals surface area contributed by atoms with Crippen molar-refractivity contribution in [1.82, 2.24) is 9.78 Å². The third-order valence-electron chi connectivity index (χ3n) is 2.64. The van der Waals surface area contributed by atoms with Gasteiger partial charge < -0.3 is 10.8 Å². The van der Waals surface area contributed by atoms with E-state index >= 15 is 0 Å². The first kappa shape index (κ1) is 13.0. The number of aromatic nitrogens is 2. The molecule has 2 aromatic rings. The van der Waals surface area contributed by atoms with Crippen LogP contribution in [0.3, 0.4) is 0 Å². The molecule has 0 saturated carbocycles. The van der Waals surface area contributed by atoms with Crippen LogP contribution in [0.5, 0.6) is 0 Å². The highest BCUT2D eigenvalue weighted by atomic mass is 32.2. The van der Waals surface area contributed by atoms with Gasteiger partial charge in [0.15, 0.2) is 0 Å². The Balaban J connectivity index is 2.00. The van der Waals surface area contributed by atoms with Crippen molar-refractivity contribution in [2.75, 3.05) is 11.5 Å². The number of aryl methyl sites for hydroxylation is 2. The Kier molecular flexibility index (Phi) is 3.93. The van der Waals surface area contributed by atoms with E-state index in [1.54, 1.807) is 17.8 Å². The molecule has 0 aliphatic carbocycles. The minimum absolute atomic E-state index is 0.520. The van der Waals surface area contributed by atoms with Gasteiger partial charge in [-0.1, -0.05) is 12.1 Å². The third kappa shape index (κ3) is 3.05. The summed E-state index contributed by atoms with van der Waals surface area (Å²) in [7, 11) is 1.90. The number of nitrogen functional groups attached to an aromatic ring is 1. The van der Waals surface area contributed by atoms with Crippen LogP contribution in [0.15, 0.2) is 35.4 Å².